The van der Waals surface area contributed by atoms with Gasteiger partial charge in [-0.2, -0.15) is 0 Å². The molecule has 0 bridgehead atoms. The zero-order chi connectivity index (χ0) is 34.0. The van der Waals surface area contributed by atoms with E-state index in [2.05, 4.69) is 16.4 Å². The molecule has 4 rings (SSSR count). The highest BCUT2D eigenvalue weighted by Gasteiger charge is 2.68. The molecule has 264 valence electrons. The van der Waals surface area contributed by atoms with Gasteiger partial charge in [0.1, 0.15) is 18.0 Å². The predicted molar refractivity (Wildman–Crippen MR) is 175 cm³/mol. The average molecular weight is 651 g/mol. The molecular formula is C37H62O9. The van der Waals surface area contributed by atoms with Crippen LogP contribution < -0.4 is 0 Å². The number of esters is 2. The second-order valence-corrected chi connectivity index (χ2v) is 15.2. The minimum atomic E-state index is -1.58. The van der Waals surface area contributed by atoms with Gasteiger partial charge in [-0.25, -0.2) is 0 Å². The van der Waals surface area contributed by atoms with Crippen LogP contribution >= 0.6 is 0 Å². The Hall–Kier alpha value is -1.84. The van der Waals surface area contributed by atoms with Crippen molar-refractivity contribution >= 4 is 23.5 Å². The Morgan fingerprint density at radius 2 is 1.30 bits per heavy atom. The van der Waals surface area contributed by atoms with Gasteiger partial charge in [-0.05, 0) is 81.0 Å². The van der Waals surface area contributed by atoms with Crippen molar-refractivity contribution in [2.75, 3.05) is 20.8 Å². The van der Waals surface area contributed by atoms with E-state index in [4.69, 9.17) is 0 Å². The number of hydrogen-bond acceptors (Lipinski definition) is 9. The van der Waals surface area contributed by atoms with Crippen LogP contribution in [0.5, 0.6) is 0 Å². The molecule has 4 saturated carbocycles. The molecule has 4 aliphatic rings. The molecule has 9 nitrogen and oxygen atoms in total. The van der Waals surface area contributed by atoms with Crippen molar-refractivity contribution in [2.24, 2.45) is 34.5 Å². The van der Waals surface area contributed by atoms with Crippen molar-refractivity contribution in [2.45, 2.75) is 154 Å². The molecule has 8 atom stereocenters. The normalized spacial score (nSPS) is 34.8. The molecule has 0 aliphatic heterocycles. The van der Waals surface area contributed by atoms with Crippen molar-refractivity contribution in [1.29, 1.82) is 0 Å². The number of hydrogen-bond donors (Lipinski definition) is 3. The van der Waals surface area contributed by atoms with Crippen LogP contribution in [-0.2, 0) is 28.7 Å². The van der Waals surface area contributed by atoms with E-state index in [1.165, 1.54) is 52.7 Å². The first kappa shape index (κ1) is 38.6. The van der Waals surface area contributed by atoms with Gasteiger partial charge in [0.05, 0.1) is 20.3 Å². The fraction of sp³-hybridized carbons (Fsp3) is 0.892. The lowest BCUT2D eigenvalue weighted by atomic mass is 9.44. The lowest BCUT2D eigenvalue weighted by Gasteiger charge is -2.60. The van der Waals surface area contributed by atoms with Gasteiger partial charge in [-0.3, -0.25) is 19.2 Å². The van der Waals surface area contributed by atoms with Gasteiger partial charge in [0.15, 0.2) is 5.78 Å². The maximum Gasteiger partial charge on any atom is 0.305 e. The third-order valence-corrected chi connectivity index (χ3v) is 12.6. The van der Waals surface area contributed by atoms with E-state index in [9.17, 15) is 34.5 Å². The first-order valence-corrected chi connectivity index (χ1v) is 18.1. The zero-order valence-corrected chi connectivity index (χ0v) is 29.0. The molecule has 0 spiro atoms. The monoisotopic (exact) mass is 650 g/mol. The maximum atomic E-state index is 13.4. The smallest absolute Gasteiger partial charge is 0.305 e. The molecule has 9 heteroatoms. The molecule has 4 fully saturated rings. The van der Waals surface area contributed by atoms with Crippen molar-refractivity contribution in [3.8, 4) is 0 Å². The van der Waals surface area contributed by atoms with E-state index < -0.39 is 23.4 Å². The Kier molecular flexibility index (Phi) is 14.7. The Bertz CT molecular complexity index is 1000. The van der Waals surface area contributed by atoms with Gasteiger partial charge in [0.2, 0.25) is 0 Å². The van der Waals surface area contributed by atoms with Crippen LogP contribution in [0.3, 0.4) is 0 Å². The van der Waals surface area contributed by atoms with E-state index >= 15 is 0 Å². The fourth-order valence-corrected chi connectivity index (χ4v) is 9.80. The summed E-state index contributed by atoms with van der Waals surface area (Å²) in [6.45, 7) is 3.46. The predicted octanol–water partition coefficient (Wildman–Crippen LogP) is 5.88. The SMILES string of the molecule is COC(=O)CCCCCCCCCCCCC(=O)OC.C[C@]12CC[C@@H](O)C[C@H]1CC[C@@H]1[C@@H]2C(=O)C[C@@]2(C)[C@H]1CC[C@]2(O)C(=O)CO. The van der Waals surface area contributed by atoms with Crippen LogP contribution in [0.25, 0.3) is 0 Å². The third-order valence-electron chi connectivity index (χ3n) is 12.6. The number of unbranched alkanes of at least 4 members (excludes halogenated alkanes) is 9. The summed E-state index contributed by atoms with van der Waals surface area (Å²) >= 11 is 0. The summed E-state index contributed by atoms with van der Waals surface area (Å²) in [5.41, 5.74) is -2.40. The standard InChI is InChI=1S/C21H32O5.C16H30O4/c1-19-7-5-13(23)9-12(19)3-4-14-15-6-8-21(26,17(25)11-22)20(15,2)10-16(24)18(14)19;1-19-15(17)13-11-9-7-5-3-4-6-8-10-12-14-16(18)20-2/h12-15,18,22-23,26H,3-11H2,1-2H3;3-14H2,1-2H3/t12-,13-,14+,15+,18-,19+,20+,21+;/m1./s1. The van der Waals surface area contributed by atoms with Crippen molar-refractivity contribution < 1.29 is 44.0 Å². The lowest BCUT2D eigenvalue weighted by molar-refractivity contribution is -0.180. The molecule has 0 radical (unpaired) electrons. The van der Waals surface area contributed by atoms with Crippen LogP contribution in [0.4, 0.5) is 0 Å². The zero-order valence-electron chi connectivity index (χ0n) is 29.0. The number of aliphatic hydroxyl groups excluding tert-OH is 2. The Morgan fingerprint density at radius 3 is 1.80 bits per heavy atom. The van der Waals surface area contributed by atoms with Crippen molar-refractivity contribution in [3.05, 3.63) is 0 Å². The molecule has 0 unspecified atom stereocenters. The molecular weight excluding hydrogens is 588 g/mol. The molecule has 0 aromatic heterocycles. The summed E-state index contributed by atoms with van der Waals surface area (Å²) in [4.78, 5) is 47.5. The van der Waals surface area contributed by atoms with Crippen LogP contribution in [0.15, 0.2) is 0 Å². The van der Waals surface area contributed by atoms with E-state index in [0.29, 0.717) is 25.2 Å². The summed E-state index contributed by atoms with van der Waals surface area (Å²) in [6, 6.07) is 0. The van der Waals surface area contributed by atoms with Crippen LogP contribution in [0.1, 0.15) is 142 Å². The van der Waals surface area contributed by atoms with Gasteiger partial charge in [0, 0.05) is 30.6 Å². The summed E-state index contributed by atoms with van der Waals surface area (Å²) in [5.74, 6) is 0.180. The molecule has 4 aliphatic carbocycles. The van der Waals surface area contributed by atoms with Crippen LogP contribution in [0.2, 0.25) is 0 Å². The molecule has 0 amide bonds. The summed E-state index contributed by atoms with van der Waals surface area (Å²) in [5, 5.41) is 30.6. The first-order valence-electron chi connectivity index (χ1n) is 18.1. The molecule has 46 heavy (non-hydrogen) atoms. The highest BCUT2D eigenvalue weighted by molar-refractivity contribution is 5.92. The number of ether oxygens (including phenoxy) is 2. The van der Waals surface area contributed by atoms with E-state index in [0.717, 1.165) is 64.2 Å². The second-order valence-electron chi connectivity index (χ2n) is 15.2. The molecule has 0 heterocycles. The van der Waals surface area contributed by atoms with E-state index in [-0.39, 0.29) is 53.4 Å². The lowest BCUT2D eigenvalue weighted by Crippen LogP contribution is -2.62. The highest BCUT2D eigenvalue weighted by atomic mass is 16.5. The summed E-state index contributed by atoms with van der Waals surface area (Å²) in [7, 11) is 2.88. The number of fused-ring (bicyclic) bond motifs is 5. The molecule has 3 N–H and O–H groups in total. The number of aliphatic hydroxyl groups is 3. The Labute approximate surface area is 276 Å². The second kappa shape index (κ2) is 17.5. The number of rotatable bonds is 15. The number of carbonyl (C=O) groups is 4. The number of ketones is 2. The van der Waals surface area contributed by atoms with Crippen molar-refractivity contribution in [3.63, 3.8) is 0 Å². The average Bonchev–Trinajstić information content (AvgIpc) is 3.31. The molecule has 0 saturated heterocycles. The maximum absolute atomic E-state index is 13.4. The van der Waals surface area contributed by atoms with E-state index in [1.54, 1.807) is 0 Å². The van der Waals surface area contributed by atoms with Gasteiger partial charge >= 0.3 is 11.9 Å². The minimum absolute atomic E-state index is 0.0154. The Morgan fingerprint density at radius 1 is 0.783 bits per heavy atom. The first-order chi connectivity index (χ1) is 21.9. The van der Waals surface area contributed by atoms with Gasteiger partial charge in [0.25, 0.3) is 0 Å². The summed E-state index contributed by atoms with van der Waals surface area (Å²) < 4.78 is 9.19. The summed E-state index contributed by atoms with van der Waals surface area (Å²) in [6.07, 6.45) is 18.2. The molecule has 0 aromatic rings. The number of methoxy groups -OCH3 is 2. The quantitative estimate of drug-likeness (QED) is 0.146. The third kappa shape index (κ3) is 8.79. The topological polar surface area (TPSA) is 147 Å². The van der Waals surface area contributed by atoms with E-state index in [1.807, 2.05) is 6.92 Å². The minimum Gasteiger partial charge on any atom is -0.469 e. The van der Waals surface area contributed by atoms with Crippen LogP contribution in [-0.4, -0.2) is 71.4 Å². The molecule has 0 aromatic carbocycles. The van der Waals surface area contributed by atoms with Crippen LogP contribution in [0, 0.1) is 34.5 Å². The number of Topliss-reactive ketones (excluding diaryl/α,β-unsaturated/α-hetero) is 2. The fourth-order valence-electron chi connectivity index (χ4n) is 9.80. The van der Waals surface area contributed by atoms with Crippen molar-refractivity contribution in [1.82, 2.24) is 0 Å². The number of carbonyl (C=O) groups excluding carboxylic acids is 4. The van der Waals surface area contributed by atoms with Gasteiger partial charge < -0.3 is 24.8 Å². The Balaban J connectivity index is 0.000000262. The van der Waals surface area contributed by atoms with Gasteiger partial charge in [-0.15, -0.1) is 0 Å². The van der Waals surface area contributed by atoms with Gasteiger partial charge in [-0.1, -0.05) is 65.2 Å². The highest BCUT2D eigenvalue weighted by Crippen LogP contribution is 2.67. The largest absolute Gasteiger partial charge is 0.469 e.